The Kier molecular flexibility index (Phi) is 4.91. The molecule has 1 fully saturated rings. The molecule has 1 saturated carbocycles. The van der Waals surface area contributed by atoms with E-state index in [1.165, 1.54) is 0 Å². The van der Waals surface area contributed by atoms with Crippen molar-refractivity contribution in [3.05, 3.63) is 0 Å². The molecule has 0 heterocycles. The summed E-state index contributed by atoms with van der Waals surface area (Å²) in [6.45, 7) is 0. The summed E-state index contributed by atoms with van der Waals surface area (Å²) < 4.78 is 0. The van der Waals surface area contributed by atoms with E-state index in [0.29, 0.717) is 0 Å². The summed E-state index contributed by atoms with van der Waals surface area (Å²) in [5.41, 5.74) is 0. The zero-order valence-corrected chi connectivity index (χ0v) is 9.19. The van der Waals surface area contributed by atoms with Crippen molar-refractivity contribution < 1.29 is 0 Å². The lowest BCUT2D eigenvalue weighted by atomic mass is 9.98. The molecule has 0 spiro atoms. The third kappa shape index (κ3) is 4.20. The van der Waals surface area contributed by atoms with Crippen LogP contribution in [0.1, 0.15) is 38.5 Å². The average molecular weight is 220 g/mol. The minimum absolute atomic E-state index is 0.143. The Labute approximate surface area is 90.0 Å². The van der Waals surface area contributed by atoms with E-state index in [4.69, 9.17) is 28.5 Å². The molecule has 0 aliphatic heterocycles. The van der Waals surface area contributed by atoms with Crippen LogP contribution >= 0.6 is 23.2 Å². The Morgan fingerprint density at radius 1 is 1.00 bits per heavy atom. The van der Waals surface area contributed by atoms with Gasteiger partial charge in [-0.2, -0.15) is 5.26 Å². The van der Waals surface area contributed by atoms with E-state index in [1.807, 2.05) is 0 Å². The number of hydrogen-bond acceptors (Lipinski definition) is 1. The quantitative estimate of drug-likeness (QED) is 0.571. The average Bonchev–Trinajstić information content (AvgIpc) is 2.19. The normalized spacial score (nSPS) is 36.8. The molecular formula is C10H15Cl2N. The number of hydrogen-bond donors (Lipinski definition) is 0. The molecule has 0 aromatic carbocycles. The van der Waals surface area contributed by atoms with Gasteiger partial charge in [0, 0.05) is 16.7 Å². The Morgan fingerprint density at radius 3 is 2.38 bits per heavy atom. The Bertz CT molecular complexity index is 188. The van der Waals surface area contributed by atoms with Gasteiger partial charge in [-0.1, -0.05) is 6.42 Å². The Hall–Kier alpha value is 0.0700. The second kappa shape index (κ2) is 5.73. The maximum atomic E-state index is 8.84. The van der Waals surface area contributed by atoms with Crippen molar-refractivity contribution in [1.82, 2.24) is 0 Å². The van der Waals surface area contributed by atoms with Crippen LogP contribution in [0.25, 0.3) is 0 Å². The number of halogens is 2. The van der Waals surface area contributed by atoms with Gasteiger partial charge in [-0.15, -0.1) is 23.2 Å². The molecule has 0 bridgehead atoms. The van der Waals surface area contributed by atoms with E-state index in [9.17, 15) is 0 Å². The molecule has 0 N–H and O–H groups in total. The van der Waals surface area contributed by atoms with Crippen LogP contribution < -0.4 is 0 Å². The van der Waals surface area contributed by atoms with Crippen LogP contribution in [0.3, 0.4) is 0 Å². The topological polar surface area (TPSA) is 23.8 Å². The van der Waals surface area contributed by atoms with E-state index >= 15 is 0 Å². The summed E-state index contributed by atoms with van der Waals surface area (Å²) >= 11 is 12.2. The predicted molar refractivity (Wildman–Crippen MR) is 56.1 cm³/mol. The Morgan fingerprint density at radius 2 is 1.69 bits per heavy atom. The van der Waals surface area contributed by atoms with Gasteiger partial charge >= 0.3 is 0 Å². The molecule has 0 saturated heterocycles. The van der Waals surface area contributed by atoms with Gasteiger partial charge in [-0.25, -0.2) is 0 Å². The summed E-state index contributed by atoms with van der Waals surface area (Å²) in [4.78, 5) is 0. The highest BCUT2D eigenvalue weighted by atomic mass is 35.5. The number of alkyl halides is 2. The smallest absolute Gasteiger partial charge is 0.0656 e. The van der Waals surface area contributed by atoms with Gasteiger partial charge in [0.1, 0.15) is 0 Å². The summed E-state index contributed by atoms with van der Waals surface area (Å²) in [5, 5.41) is 9.25. The third-order valence-electron chi connectivity index (χ3n) is 2.59. The first-order valence-corrected chi connectivity index (χ1v) is 5.77. The van der Waals surface area contributed by atoms with Crippen LogP contribution in [0.15, 0.2) is 0 Å². The number of nitrogens with zero attached hydrogens (tertiary/aromatic N) is 1. The van der Waals surface area contributed by atoms with E-state index < -0.39 is 0 Å². The van der Waals surface area contributed by atoms with Gasteiger partial charge < -0.3 is 0 Å². The van der Waals surface area contributed by atoms with Gasteiger partial charge in [0.2, 0.25) is 0 Å². The molecule has 0 radical (unpaired) electrons. The van der Waals surface area contributed by atoms with Crippen molar-refractivity contribution in [2.45, 2.75) is 49.3 Å². The predicted octanol–water partition coefficient (Wildman–Crippen LogP) is 3.70. The number of nitriles is 1. The highest BCUT2D eigenvalue weighted by Gasteiger charge is 2.18. The molecular weight excluding hydrogens is 205 g/mol. The number of rotatable bonds is 0. The molecule has 0 aromatic rings. The molecule has 1 rings (SSSR count). The fourth-order valence-corrected chi connectivity index (χ4v) is 2.37. The van der Waals surface area contributed by atoms with Crippen LogP contribution in [-0.2, 0) is 0 Å². The van der Waals surface area contributed by atoms with Crippen molar-refractivity contribution in [1.29, 1.82) is 5.26 Å². The van der Waals surface area contributed by atoms with E-state index in [0.717, 1.165) is 38.5 Å². The third-order valence-corrected chi connectivity index (χ3v) is 3.42. The summed E-state index contributed by atoms with van der Waals surface area (Å²) in [5.74, 6) is 0.143. The molecule has 1 nitrogen and oxygen atoms in total. The molecule has 0 aromatic heterocycles. The molecule has 0 amide bonds. The molecule has 1 aliphatic rings. The van der Waals surface area contributed by atoms with E-state index in [-0.39, 0.29) is 16.7 Å². The van der Waals surface area contributed by atoms with Crippen LogP contribution in [0.5, 0.6) is 0 Å². The van der Waals surface area contributed by atoms with Gasteiger partial charge in [0.05, 0.1) is 6.07 Å². The fraction of sp³-hybridized carbons (Fsp3) is 0.900. The van der Waals surface area contributed by atoms with Crippen LogP contribution in [0, 0.1) is 17.2 Å². The maximum absolute atomic E-state index is 8.84. The van der Waals surface area contributed by atoms with Crippen LogP contribution in [-0.4, -0.2) is 10.8 Å². The molecule has 1 aliphatic carbocycles. The monoisotopic (exact) mass is 219 g/mol. The van der Waals surface area contributed by atoms with Crippen molar-refractivity contribution in [2.75, 3.05) is 0 Å². The van der Waals surface area contributed by atoms with Crippen molar-refractivity contribution in [3.63, 3.8) is 0 Å². The molecule has 3 heteroatoms. The van der Waals surface area contributed by atoms with Gasteiger partial charge in [0.25, 0.3) is 0 Å². The standard InChI is InChI=1S/C10H15Cl2N/c11-9-3-1-2-8(7-13)6-10(12)5-4-9/h8-10H,1-6H2. The van der Waals surface area contributed by atoms with E-state index in [2.05, 4.69) is 6.07 Å². The van der Waals surface area contributed by atoms with Crippen LogP contribution in [0.2, 0.25) is 0 Å². The summed E-state index contributed by atoms with van der Waals surface area (Å²) in [6, 6.07) is 2.32. The lowest BCUT2D eigenvalue weighted by Gasteiger charge is -2.10. The SMILES string of the molecule is N#CC1CCCC(Cl)CCC(Cl)C1. The van der Waals surface area contributed by atoms with Crippen LogP contribution in [0.4, 0.5) is 0 Å². The van der Waals surface area contributed by atoms with Gasteiger partial charge in [-0.05, 0) is 32.1 Å². The second-order valence-electron chi connectivity index (χ2n) is 3.76. The van der Waals surface area contributed by atoms with Crippen molar-refractivity contribution in [3.8, 4) is 6.07 Å². The van der Waals surface area contributed by atoms with E-state index in [1.54, 1.807) is 0 Å². The first kappa shape index (κ1) is 11.1. The molecule has 3 unspecified atom stereocenters. The summed E-state index contributed by atoms with van der Waals surface area (Å²) in [7, 11) is 0. The van der Waals surface area contributed by atoms with Crippen molar-refractivity contribution >= 4 is 23.2 Å². The maximum Gasteiger partial charge on any atom is 0.0656 e. The van der Waals surface area contributed by atoms with Crippen molar-refractivity contribution in [2.24, 2.45) is 5.92 Å². The minimum atomic E-state index is 0.143. The molecule has 74 valence electrons. The lowest BCUT2D eigenvalue weighted by Crippen LogP contribution is -2.06. The fourth-order valence-electron chi connectivity index (χ4n) is 1.75. The Balaban J connectivity index is 2.45. The zero-order valence-electron chi connectivity index (χ0n) is 7.68. The molecule has 13 heavy (non-hydrogen) atoms. The lowest BCUT2D eigenvalue weighted by molar-refractivity contribution is 0.524. The largest absolute Gasteiger partial charge is 0.198 e. The second-order valence-corrected chi connectivity index (χ2v) is 5.00. The zero-order chi connectivity index (χ0) is 9.68. The first-order chi connectivity index (χ1) is 6.22. The highest BCUT2D eigenvalue weighted by molar-refractivity contribution is 6.21. The first-order valence-electron chi connectivity index (χ1n) is 4.90. The molecule has 3 atom stereocenters. The summed E-state index contributed by atoms with van der Waals surface area (Å²) in [6.07, 6.45) is 5.84. The highest BCUT2D eigenvalue weighted by Crippen LogP contribution is 2.26. The van der Waals surface area contributed by atoms with Gasteiger partial charge in [-0.3, -0.25) is 0 Å². The van der Waals surface area contributed by atoms with Gasteiger partial charge in [0.15, 0.2) is 0 Å². The minimum Gasteiger partial charge on any atom is -0.198 e.